The predicted octanol–water partition coefficient (Wildman–Crippen LogP) is -1.93. The molecule has 6 nitrogen and oxygen atoms in total. The van der Waals surface area contributed by atoms with Crippen molar-refractivity contribution in [3.05, 3.63) is 0 Å². The van der Waals surface area contributed by atoms with Crippen molar-refractivity contribution in [2.24, 2.45) is 5.73 Å². The summed E-state index contributed by atoms with van der Waals surface area (Å²) in [5.41, 5.74) is 4.78. The van der Waals surface area contributed by atoms with E-state index in [0.717, 1.165) is 0 Å². The molecule has 0 aliphatic heterocycles. The van der Waals surface area contributed by atoms with Crippen LogP contribution in [0, 0.1) is 0 Å². The predicted molar refractivity (Wildman–Crippen MR) is 41.5 cm³/mol. The first-order chi connectivity index (χ1) is 3.91. The smallest absolute Gasteiger partial charge is 0.395 e. The van der Waals surface area contributed by atoms with Crippen molar-refractivity contribution in [2.75, 3.05) is 13.2 Å². The molecular formula is C2H13NO5P2. The monoisotopic (exact) mass is 193 g/mol. The van der Waals surface area contributed by atoms with Crippen LogP contribution in [0.25, 0.3) is 0 Å². The minimum Gasteiger partial charge on any atom is -0.395 e. The normalized spacial score (nSPS) is 8.90. The molecule has 0 aromatic heterocycles. The van der Waals surface area contributed by atoms with Gasteiger partial charge in [0.25, 0.3) is 0 Å². The topological polar surface area (TPSA) is 124 Å². The maximum atomic E-state index is 8.88. The first kappa shape index (κ1) is 16.8. The van der Waals surface area contributed by atoms with Gasteiger partial charge in [0, 0.05) is 6.54 Å². The number of nitrogens with two attached hydrogens (primary N) is 1. The van der Waals surface area contributed by atoms with Crippen molar-refractivity contribution in [3.8, 4) is 0 Å². The highest BCUT2D eigenvalue weighted by Crippen LogP contribution is 2.25. The summed E-state index contributed by atoms with van der Waals surface area (Å²) in [5, 5.41) is 7.75. The van der Waals surface area contributed by atoms with Gasteiger partial charge < -0.3 is 25.5 Å². The molecule has 10 heavy (non-hydrogen) atoms. The Hall–Kier alpha value is 0.460. The highest BCUT2D eigenvalue weighted by Gasteiger charge is 2.00. The van der Waals surface area contributed by atoms with Gasteiger partial charge in [0.15, 0.2) is 0 Å². The van der Waals surface area contributed by atoms with E-state index in [4.69, 9.17) is 30.1 Å². The lowest BCUT2D eigenvalue weighted by atomic mass is 10.8. The van der Waals surface area contributed by atoms with Gasteiger partial charge in [-0.15, -0.1) is 0 Å². The fourth-order valence-electron chi connectivity index (χ4n) is 0. The summed E-state index contributed by atoms with van der Waals surface area (Å²) in [5.74, 6) is 0. The maximum Gasteiger partial charge on any atom is 0.466 e. The van der Waals surface area contributed by atoms with E-state index in [1.54, 1.807) is 0 Å². The molecule has 66 valence electrons. The largest absolute Gasteiger partial charge is 0.466 e. The molecule has 0 fully saturated rings. The van der Waals surface area contributed by atoms with E-state index in [1.807, 2.05) is 0 Å². The summed E-state index contributed by atoms with van der Waals surface area (Å²) in [7, 11) is -4.64. The average molecular weight is 193 g/mol. The molecule has 0 aromatic rings. The van der Waals surface area contributed by atoms with Crippen LogP contribution in [-0.4, -0.2) is 32.9 Å². The Bertz CT molecular complexity index is 81.4. The van der Waals surface area contributed by atoms with Gasteiger partial charge in [-0.2, -0.15) is 9.90 Å². The minimum atomic E-state index is -4.64. The highest BCUT2D eigenvalue weighted by atomic mass is 31.2. The second-order valence-electron chi connectivity index (χ2n) is 1.03. The summed E-state index contributed by atoms with van der Waals surface area (Å²) in [6, 6.07) is 0. The zero-order valence-electron chi connectivity index (χ0n) is 5.34. The second-order valence-corrected chi connectivity index (χ2v) is 2.05. The Morgan fingerprint density at radius 2 is 1.40 bits per heavy atom. The van der Waals surface area contributed by atoms with E-state index >= 15 is 0 Å². The van der Waals surface area contributed by atoms with E-state index in [0.29, 0.717) is 6.54 Å². The zero-order chi connectivity index (χ0) is 7.91. The number of rotatable bonds is 1. The van der Waals surface area contributed by atoms with Gasteiger partial charge in [0.2, 0.25) is 0 Å². The van der Waals surface area contributed by atoms with Crippen LogP contribution < -0.4 is 5.73 Å². The molecule has 6 N–H and O–H groups in total. The minimum absolute atomic E-state index is 0. The molecule has 0 radical (unpaired) electrons. The lowest BCUT2D eigenvalue weighted by Gasteiger charge is -1.82. The number of hydrogen-bond donors (Lipinski definition) is 5. The van der Waals surface area contributed by atoms with Crippen LogP contribution in [-0.2, 0) is 4.57 Å². The van der Waals surface area contributed by atoms with Crippen LogP contribution in [0.1, 0.15) is 0 Å². The quantitative estimate of drug-likeness (QED) is 0.309. The molecule has 0 aromatic carbocycles. The third-order valence-electron chi connectivity index (χ3n) is 0.129. The third-order valence-corrected chi connectivity index (χ3v) is 0.129. The number of phosphoric acid groups is 1. The van der Waals surface area contributed by atoms with Crippen molar-refractivity contribution >= 4 is 17.7 Å². The van der Waals surface area contributed by atoms with Crippen LogP contribution >= 0.6 is 17.7 Å². The molecule has 0 saturated carbocycles. The Morgan fingerprint density at radius 1 is 1.30 bits per heavy atom. The Balaban J connectivity index is -0.0000000910. The van der Waals surface area contributed by atoms with Crippen molar-refractivity contribution in [1.29, 1.82) is 0 Å². The molecule has 0 heterocycles. The summed E-state index contributed by atoms with van der Waals surface area (Å²) in [4.78, 5) is 21.6. The van der Waals surface area contributed by atoms with E-state index in [1.165, 1.54) is 0 Å². The SMILES string of the molecule is NCCO.O=P(O)(O)O.P. The van der Waals surface area contributed by atoms with Gasteiger partial charge in [-0.05, 0) is 0 Å². The molecule has 8 heteroatoms. The van der Waals surface area contributed by atoms with Gasteiger partial charge in [-0.1, -0.05) is 0 Å². The summed E-state index contributed by atoms with van der Waals surface area (Å²) >= 11 is 0. The first-order valence-corrected chi connectivity index (χ1v) is 3.57. The average Bonchev–Trinajstić information content (AvgIpc) is 1.61. The van der Waals surface area contributed by atoms with Crippen LogP contribution in [0.3, 0.4) is 0 Å². The van der Waals surface area contributed by atoms with Gasteiger partial charge in [-0.3, -0.25) is 0 Å². The maximum absolute atomic E-state index is 8.88. The molecule has 0 amide bonds. The van der Waals surface area contributed by atoms with Gasteiger partial charge in [-0.25, -0.2) is 4.57 Å². The molecule has 0 aliphatic rings. The third kappa shape index (κ3) is 221. The lowest BCUT2D eigenvalue weighted by Crippen LogP contribution is -2.02. The summed E-state index contributed by atoms with van der Waals surface area (Å²) < 4.78 is 8.88. The van der Waals surface area contributed by atoms with Crippen LogP contribution in [0.2, 0.25) is 0 Å². The van der Waals surface area contributed by atoms with E-state index in [2.05, 4.69) is 0 Å². The standard InChI is InChI=1S/C2H7NO.H3O4P.H3P/c3-1-2-4;1-5(2,3)4;/h4H,1-3H2;(H3,1,2,3,4);1H3. The zero-order valence-corrected chi connectivity index (χ0v) is 7.65. The van der Waals surface area contributed by atoms with E-state index in [-0.39, 0.29) is 16.5 Å². The Morgan fingerprint density at radius 3 is 1.40 bits per heavy atom. The number of aliphatic hydroxyl groups is 1. The second kappa shape index (κ2) is 9.46. The van der Waals surface area contributed by atoms with Crippen LogP contribution in [0.4, 0.5) is 0 Å². The van der Waals surface area contributed by atoms with Crippen LogP contribution in [0.5, 0.6) is 0 Å². The Labute approximate surface area is 61.9 Å². The molecule has 0 bridgehead atoms. The number of hydrogen-bond acceptors (Lipinski definition) is 3. The molecule has 1 unspecified atom stereocenters. The molecule has 1 atom stereocenters. The van der Waals surface area contributed by atoms with Crippen molar-refractivity contribution < 1.29 is 24.4 Å². The van der Waals surface area contributed by atoms with Gasteiger partial charge >= 0.3 is 7.82 Å². The fraction of sp³-hybridized carbons (Fsp3) is 1.00. The Kier molecular flexibility index (Phi) is 15.9. The molecular weight excluding hydrogens is 180 g/mol. The molecule has 0 saturated heterocycles. The van der Waals surface area contributed by atoms with Gasteiger partial charge in [0.1, 0.15) is 0 Å². The van der Waals surface area contributed by atoms with Crippen molar-refractivity contribution in [2.45, 2.75) is 0 Å². The number of aliphatic hydroxyl groups excluding tert-OH is 1. The van der Waals surface area contributed by atoms with Crippen molar-refractivity contribution in [3.63, 3.8) is 0 Å². The molecule has 0 spiro atoms. The summed E-state index contributed by atoms with van der Waals surface area (Å²) in [6.07, 6.45) is 0. The first-order valence-electron chi connectivity index (χ1n) is 2.01. The lowest BCUT2D eigenvalue weighted by molar-refractivity contribution is 0.275. The highest BCUT2D eigenvalue weighted by molar-refractivity contribution is 7.45. The fourth-order valence-corrected chi connectivity index (χ4v) is 0. The molecule has 0 aliphatic carbocycles. The van der Waals surface area contributed by atoms with E-state index < -0.39 is 7.82 Å². The van der Waals surface area contributed by atoms with E-state index in [9.17, 15) is 0 Å². The van der Waals surface area contributed by atoms with Crippen molar-refractivity contribution in [1.82, 2.24) is 0 Å². The van der Waals surface area contributed by atoms with Gasteiger partial charge in [0.05, 0.1) is 6.61 Å². The molecule has 0 rings (SSSR count). The summed E-state index contributed by atoms with van der Waals surface area (Å²) in [6.45, 7) is 0.472. The van der Waals surface area contributed by atoms with Crippen LogP contribution in [0.15, 0.2) is 0 Å².